The summed E-state index contributed by atoms with van der Waals surface area (Å²) in [7, 11) is 0. The van der Waals surface area contributed by atoms with Crippen LogP contribution in [0.3, 0.4) is 0 Å². The summed E-state index contributed by atoms with van der Waals surface area (Å²) in [5.74, 6) is 0.834. The topological polar surface area (TPSA) is 58.8 Å². The molecule has 1 saturated heterocycles. The Morgan fingerprint density at radius 1 is 1.29 bits per heavy atom. The summed E-state index contributed by atoms with van der Waals surface area (Å²) >= 11 is 4.93. The van der Waals surface area contributed by atoms with Crippen molar-refractivity contribution in [3.63, 3.8) is 0 Å². The molecule has 1 fully saturated rings. The molecule has 1 atom stereocenters. The lowest BCUT2D eigenvalue weighted by Gasteiger charge is -2.35. The molecule has 112 valence electrons. The van der Waals surface area contributed by atoms with Gasteiger partial charge in [-0.1, -0.05) is 30.4 Å². The molecule has 5 nitrogen and oxygen atoms in total. The number of ether oxygens (including phenoxy) is 1. The van der Waals surface area contributed by atoms with Gasteiger partial charge >= 0.3 is 0 Å². The molecule has 1 amide bonds. The Hall–Kier alpha value is -1.66. The van der Waals surface area contributed by atoms with Crippen LogP contribution in [0.5, 0.6) is 5.75 Å². The minimum absolute atomic E-state index is 0.162. The lowest BCUT2D eigenvalue weighted by atomic mass is 9.99. The van der Waals surface area contributed by atoms with Gasteiger partial charge in [-0.25, -0.2) is 0 Å². The number of rotatable bonds is 3. The Balaban J connectivity index is 1.62. The van der Waals surface area contributed by atoms with E-state index in [9.17, 15) is 4.79 Å². The fraction of sp³-hybridized carbons (Fsp3) is 0.467. The summed E-state index contributed by atoms with van der Waals surface area (Å²) < 4.78 is 5.61. The summed E-state index contributed by atoms with van der Waals surface area (Å²) in [6.45, 7) is 4.16. The molecule has 2 N–H and O–H groups in total. The van der Waals surface area contributed by atoms with E-state index in [0.29, 0.717) is 18.1 Å². The van der Waals surface area contributed by atoms with Crippen molar-refractivity contribution in [2.24, 2.45) is 5.73 Å². The summed E-state index contributed by atoms with van der Waals surface area (Å²) in [6.07, 6.45) is 0. The summed E-state index contributed by atoms with van der Waals surface area (Å²) in [4.78, 5) is 17.3. The van der Waals surface area contributed by atoms with Gasteiger partial charge in [0.05, 0.1) is 4.99 Å². The number of nitrogens with two attached hydrogens (primary N) is 1. The van der Waals surface area contributed by atoms with Crippen LogP contribution >= 0.6 is 12.2 Å². The van der Waals surface area contributed by atoms with E-state index in [1.807, 2.05) is 29.2 Å². The molecule has 0 aliphatic carbocycles. The van der Waals surface area contributed by atoms with Gasteiger partial charge in [0, 0.05) is 38.3 Å². The van der Waals surface area contributed by atoms with E-state index in [2.05, 4.69) is 4.90 Å². The van der Waals surface area contributed by atoms with Crippen molar-refractivity contribution in [3.05, 3.63) is 29.8 Å². The Labute approximate surface area is 129 Å². The number of amides is 1. The van der Waals surface area contributed by atoms with Crippen LogP contribution in [0.2, 0.25) is 0 Å². The maximum absolute atomic E-state index is 12.7. The van der Waals surface area contributed by atoms with E-state index in [1.165, 1.54) is 0 Å². The van der Waals surface area contributed by atoms with Gasteiger partial charge in [0.1, 0.15) is 18.3 Å². The lowest BCUT2D eigenvalue weighted by molar-refractivity contribution is -0.134. The molecular weight excluding hydrogens is 286 g/mol. The minimum atomic E-state index is -0.164. The van der Waals surface area contributed by atoms with Crippen LogP contribution in [-0.2, 0) is 4.79 Å². The SMILES string of the molecule is NC(=S)CN1CCN(C(=O)C2COc3ccccc32)CC1. The second-order valence-corrected chi connectivity index (χ2v) is 5.99. The Kier molecular flexibility index (Phi) is 4.07. The van der Waals surface area contributed by atoms with Crippen LogP contribution in [-0.4, -0.2) is 60.0 Å². The maximum atomic E-state index is 12.7. The van der Waals surface area contributed by atoms with Crippen molar-refractivity contribution in [1.82, 2.24) is 9.80 Å². The van der Waals surface area contributed by atoms with E-state index in [0.717, 1.165) is 37.5 Å². The third-order valence-corrected chi connectivity index (χ3v) is 4.19. The number of piperazine rings is 1. The Morgan fingerprint density at radius 2 is 2.00 bits per heavy atom. The predicted octanol–water partition coefficient (Wildman–Crippen LogP) is 0.593. The molecule has 2 aliphatic rings. The number of thiocarbonyl (C=S) groups is 1. The first-order chi connectivity index (χ1) is 10.1. The highest BCUT2D eigenvalue weighted by molar-refractivity contribution is 7.80. The molecule has 2 aliphatic heterocycles. The molecule has 1 aromatic rings. The Morgan fingerprint density at radius 3 is 2.71 bits per heavy atom. The van der Waals surface area contributed by atoms with E-state index in [1.54, 1.807) is 0 Å². The minimum Gasteiger partial charge on any atom is -0.492 e. The maximum Gasteiger partial charge on any atom is 0.233 e. The van der Waals surface area contributed by atoms with E-state index in [-0.39, 0.29) is 11.8 Å². The van der Waals surface area contributed by atoms with Crippen LogP contribution in [0.25, 0.3) is 0 Å². The molecular formula is C15H19N3O2S. The van der Waals surface area contributed by atoms with Gasteiger partial charge in [0.2, 0.25) is 5.91 Å². The zero-order chi connectivity index (χ0) is 14.8. The molecule has 21 heavy (non-hydrogen) atoms. The molecule has 0 spiro atoms. The highest BCUT2D eigenvalue weighted by Gasteiger charge is 2.34. The number of carbonyl (C=O) groups is 1. The smallest absolute Gasteiger partial charge is 0.233 e. The van der Waals surface area contributed by atoms with Crippen molar-refractivity contribution in [2.75, 3.05) is 39.3 Å². The molecule has 6 heteroatoms. The number of para-hydroxylation sites is 1. The molecule has 1 unspecified atom stereocenters. The van der Waals surface area contributed by atoms with E-state index >= 15 is 0 Å². The lowest BCUT2D eigenvalue weighted by Crippen LogP contribution is -2.51. The van der Waals surface area contributed by atoms with Crippen molar-refractivity contribution >= 4 is 23.1 Å². The monoisotopic (exact) mass is 305 g/mol. The number of nitrogens with zero attached hydrogens (tertiary/aromatic N) is 2. The molecule has 0 bridgehead atoms. The quantitative estimate of drug-likeness (QED) is 0.829. The van der Waals surface area contributed by atoms with Gasteiger partial charge in [0.15, 0.2) is 0 Å². The zero-order valence-electron chi connectivity index (χ0n) is 11.8. The summed E-state index contributed by atoms with van der Waals surface area (Å²) in [6, 6.07) is 7.78. The van der Waals surface area contributed by atoms with E-state index in [4.69, 9.17) is 22.7 Å². The molecule has 0 aromatic heterocycles. The van der Waals surface area contributed by atoms with Crippen LogP contribution in [0, 0.1) is 0 Å². The van der Waals surface area contributed by atoms with Gasteiger partial charge in [0.25, 0.3) is 0 Å². The normalized spacial score (nSPS) is 21.7. The van der Waals surface area contributed by atoms with Crippen LogP contribution in [0.15, 0.2) is 24.3 Å². The van der Waals surface area contributed by atoms with Gasteiger partial charge in [-0.2, -0.15) is 0 Å². The van der Waals surface area contributed by atoms with Gasteiger partial charge < -0.3 is 15.4 Å². The second-order valence-electron chi connectivity index (χ2n) is 5.47. The second kappa shape index (κ2) is 5.99. The number of carbonyl (C=O) groups excluding carboxylic acids is 1. The fourth-order valence-electron chi connectivity index (χ4n) is 2.93. The fourth-order valence-corrected chi connectivity index (χ4v) is 3.12. The van der Waals surface area contributed by atoms with Crippen LogP contribution in [0.4, 0.5) is 0 Å². The van der Waals surface area contributed by atoms with Crippen LogP contribution < -0.4 is 10.5 Å². The first-order valence-corrected chi connectivity index (χ1v) is 7.57. The highest BCUT2D eigenvalue weighted by Crippen LogP contribution is 2.34. The Bertz CT molecular complexity index is 556. The third-order valence-electron chi connectivity index (χ3n) is 4.06. The average Bonchev–Trinajstić information content (AvgIpc) is 2.90. The number of benzene rings is 1. The molecule has 0 radical (unpaired) electrons. The van der Waals surface area contributed by atoms with Crippen molar-refractivity contribution in [2.45, 2.75) is 5.92 Å². The van der Waals surface area contributed by atoms with Gasteiger partial charge in [-0.05, 0) is 6.07 Å². The van der Waals surface area contributed by atoms with E-state index < -0.39 is 0 Å². The predicted molar refractivity (Wildman–Crippen MR) is 84.5 cm³/mol. The third kappa shape index (κ3) is 3.01. The average molecular weight is 305 g/mol. The number of hydrogen-bond acceptors (Lipinski definition) is 4. The molecule has 3 rings (SSSR count). The molecule has 1 aromatic carbocycles. The molecule has 2 heterocycles. The first kappa shape index (κ1) is 14.3. The summed E-state index contributed by atoms with van der Waals surface area (Å²) in [5.41, 5.74) is 6.57. The van der Waals surface area contributed by atoms with Crippen molar-refractivity contribution < 1.29 is 9.53 Å². The van der Waals surface area contributed by atoms with Gasteiger partial charge in [-0.15, -0.1) is 0 Å². The number of hydrogen-bond donors (Lipinski definition) is 1. The van der Waals surface area contributed by atoms with Crippen LogP contribution in [0.1, 0.15) is 11.5 Å². The van der Waals surface area contributed by atoms with Crippen molar-refractivity contribution in [1.29, 1.82) is 0 Å². The largest absolute Gasteiger partial charge is 0.492 e. The number of fused-ring (bicyclic) bond motifs is 1. The highest BCUT2D eigenvalue weighted by atomic mass is 32.1. The van der Waals surface area contributed by atoms with Crippen molar-refractivity contribution in [3.8, 4) is 5.75 Å². The zero-order valence-corrected chi connectivity index (χ0v) is 12.6. The first-order valence-electron chi connectivity index (χ1n) is 7.16. The summed E-state index contributed by atoms with van der Waals surface area (Å²) in [5, 5.41) is 0. The van der Waals surface area contributed by atoms with Gasteiger partial charge in [-0.3, -0.25) is 9.69 Å². The standard InChI is InChI=1S/C15H19N3O2S/c16-14(21)9-17-5-7-18(8-6-17)15(19)12-10-20-13-4-2-1-3-11(12)13/h1-4,12H,5-10H2,(H2,16,21). The molecule has 0 saturated carbocycles.